The van der Waals surface area contributed by atoms with Gasteiger partial charge in [-0.3, -0.25) is 0 Å². The van der Waals surface area contributed by atoms with Gasteiger partial charge in [0.15, 0.2) is 0 Å². The van der Waals surface area contributed by atoms with E-state index < -0.39 is 15.4 Å². The van der Waals surface area contributed by atoms with Gasteiger partial charge in [0.2, 0.25) is 0 Å². The molecule has 1 rings (SSSR count). The van der Waals surface area contributed by atoms with Crippen molar-refractivity contribution in [3.63, 3.8) is 0 Å². The Hall–Kier alpha value is -0.390. The lowest BCUT2D eigenvalue weighted by Crippen LogP contribution is -2.20. The second-order valence-electron chi connectivity index (χ2n) is 3.98. The molecule has 0 bridgehead atoms. The number of thiophene rings is 1. The molecule has 1 atom stereocenters. The fourth-order valence-electron chi connectivity index (χ4n) is 1.39. The van der Waals surface area contributed by atoms with Crippen LogP contribution >= 0.6 is 11.3 Å². The van der Waals surface area contributed by atoms with Crippen LogP contribution in [0.3, 0.4) is 0 Å². The van der Waals surface area contributed by atoms with Crippen LogP contribution in [0.1, 0.15) is 24.6 Å². The van der Waals surface area contributed by atoms with Gasteiger partial charge in [-0.1, -0.05) is 6.07 Å². The molecule has 0 radical (unpaired) electrons. The first-order valence-corrected chi connectivity index (χ1v) is 7.69. The van der Waals surface area contributed by atoms with E-state index in [2.05, 4.69) is 0 Å². The third-order valence-electron chi connectivity index (χ3n) is 2.23. The van der Waals surface area contributed by atoms with E-state index >= 15 is 0 Å². The van der Waals surface area contributed by atoms with E-state index in [4.69, 9.17) is 0 Å². The van der Waals surface area contributed by atoms with Crippen LogP contribution in [0, 0.1) is 0 Å². The van der Waals surface area contributed by atoms with Gasteiger partial charge in [0, 0.05) is 16.9 Å². The molecule has 1 heterocycles. The third kappa shape index (κ3) is 4.32. The van der Waals surface area contributed by atoms with E-state index in [0.29, 0.717) is 12.8 Å². The third-order valence-corrected chi connectivity index (χ3v) is 4.38. The van der Waals surface area contributed by atoms with Crippen LogP contribution in [-0.4, -0.2) is 25.5 Å². The van der Waals surface area contributed by atoms with Crippen molar-refractivity contribution in [2.75, 3.05) is 12.0 Å². The van der Waals surface area contributed by atoms with Crippen molar-refractivity contribution in [1.29, 1.82) is 0 Å². The number of aliphatic hydroxyl groups is 1. The molecule has 0 aliphatic carbocycles. The highest BCUT2D eigenvalue weighted by Gasteiger charge is 2.23. The lowest BCUT2D eigenvalue weighted by Gasteiger charge is -2.21. The van der Waals surface area contributed by atoms with Crippen LogP contribution in [0.25, 0.3) is 0 Å². The average Bonchev–Trinajstić information content (AvgIpc) is 2.52. The lowest BCUT2D eigenvalue weighted by atomic mass is 9.99. The van der Waals surface area contributed by atoms with Crippen LogP contribution in [0.4, 0.5) is 0 Å². The molecule has 1 aromatic rings. The molecular weight excluding hydrogens is 232 g/mol. The van der Waals surface area contributed by atoms with Crippen LogP contribution in [0.5, 0.6) is 0 Å². The van der Waals surface area contributed by atoms with Crippen molar-refractivity contribution in [2.45, 2.75) is 25.4 Å². The molecule has 0 aromatic carbocycles. The number of hydrogen-bond donors (Lipinski definition) is 1. The highest BCUT2D eigenvalue weighted by Crippen LogP contribution is 2.29. The lowest BCUT2D eigenvalue weighted by molar-refractivity contribution is 0.0510. The molecule has 15 heavy (non-hydrogen) atoms. The molecule has 3 nitrogen and oxygen atoms in total. The fourth-order valence-corrected chi connectivity index (χ4v) is 2.87. The summed E-state index contributed by atoms with van der Waals surface area (Å²) in [5.41, 5.74) is -0.904. The topological polar surface area (TPSA) is 54.4 Å². The minimum atomic E-state index is -2.92. The van der Waals surface area contributed by atoms with E-state index in [-0.39, 0.29) is 5.75 Å². The first-order chi connectivity index (χ1) is 6.81. The minimum Gasteiger partial charge on any atom is -0.385 e. The van der Waals surface area contributed by atoms with Crippen molar-refractivity contribution in [2.24, 2.45) is 0 Å². The van der Waals surface area contributed by atoms with Crippen LogP contribution in [0.15, 0.2) is 17.5 Å². The number of hydrogen-bond acceptors (Lipinski definition) is 4. The van der Waals surface area contributed by atoms with Gasteiger partial charge in [-0.15, -0.1) is 11.3 Å². The van der Waals surface area contributed by atoms with Crippen molar-refractivity contribution >= 4 is 21.2 Å². The van der Waals surface area contributed by atoms with Crippen molar-refractivity contribution < 1.29 is 13.5 Å². The van der Waals surface area contributed by atoms with E-state index in [1.54, 1.807) is 6.92 Å². The van der Waals surface area contributed by atoms with Crippen LogP contribution < -0.4 is 0 Å². The summed E-state index contributed by atoms with van der Waals surface area (Å²) in [6.07, 6.45) is 2.18. The zero-order valence-electron chi connectivity index (χ0n) is 8.93. The predicted molar refractivity (Wildman–Crippen MR) is 62.8 cm³/mol. The first-order valence-electron chi connectivity index (χ1n) is 4.75. The molecule has 1 unspecified atom stereocenters. The summed E-state index contributed by atoms with van der Waals surface area (Å²) in [4.78, 5) is 0.885. The molecule has 1 aromatic heterocycles. The molecule has 0 saturated carbocycles. The van der Waals surface area contributed by atoms with E-state index in [9.17, 15) is 13.5 Å². The highest BCUT2D eigenvalue weighted by molar-refractivity contribution is 7.90. The van der Waals surface area contributed by atoms with Gasteiger partial charge in [-0.25, -0.2) is 8.42 Å². The van der Waals surface area contributed by atoms with Gasteiger partial charge >= 0.3 is 0 Å². The Balaban J connectivity index is 2.51. The Morgan fingerprint density at radius 2 is 2.20 bits per heavy atom. The average molecular weight is 248 g/mol. The Kier molecular flexibility index (Phi) is 3.92. The second-order valence-corrected chi connectivity index (χ2v) is 7.19. The van der Waals surface area contributed by atoms with Gasteiger partial charge in [0.05, 0.1) is 5.60 Å². The van der Waals surface area contributed by atoms with Gasteiger partial charge in [-0.2, -0.15) is 0 Å². The minimum absolute atomic E-state index is 0.133. The maximum Gasteiger partial charge on any atom is 0.147 e. The van der Waals surface area contributed by atoms with Crippen LogP contribution in [-0.2, 0) is 15.4 Å². The van der Waals surface area contributed by atoms with Gasteiger partial charge in [-0.05, 0) is 31.2 Å². The number of rotatable bonds is 5. The Morgan fingerprint density at radius 1 is 1.53 bits per heavy atom. The molecule has 0 spiro atoms. The summed E-state index contributed by atoms with van der Waals surface area (Å²) < 4.78 is 21.8. The summed E-state index contributed by atoms with van der Waals surface area (Å²) in [6, 6.07) is 3.75. The number of sulfone groups is 1. The maximum absolute atomic E-state index is 10.9. The van der Waals surface area contributed by atoms with Gasteiger partial charge in [0.25, 0.3) is 0 Å². The fraction of sp³-hybridized carbons (Fsp3) is 0.600. The smallest absolute Gasteiger partial charge is 0.147 e. The van der Waals surface area contributed by atoms with E-state index in [1.807, 2.05) is 17.5 Å². The molecule has 1 N–H and O–H groups in total. The van der Waals surface area contributed by atoms with Crippen molar-refractivity contribution in [3.8, 4) is 0 Å². The second kappa shape index (κ2) is 4.63. The molecule has 0 fully saturated rings. The monoisotopic (exact) mass is 248 g/mol. The first kappa shape index (κ1) is 12.7. The predicted octanol–water partition coefficient (Wildman–Crippen LogP) is 1.78. The summed E-state index contributed by atoms with van der Waals surface area (Å²) in [5, 5.41) is 12.0. The van der Waals surface area contributed by atoms with E-state index in [0.717, 1.165) is 4.88 Å². The molecule has 86 valence electrons. The Labute approximate surface area is 94.7 Å². The maximum atomic E-state index is 10.9. The summed E-state index contributed by atoms with van der Waals surface area (Å²) in [5.74, 6) is 0.133. The molecular formula is C10H16O3S2. The largest absolute Gasteiger partial charge is 0.385 e. The molecule has 0 aliphatic rings. The van der Waals surface area contributed by atoms with Crippen molar-refractivity contribution in [3.05, 3.63) is 22.4 Å². The summed E-state index contributed by atoms with van der Waals surface area (Å²) >= 11 is 1.49. The Morgan fingerprint density at radius 3 is 2.67 bits per heavy atom. The van der Waals surface area contributed by atoms with E-state index in [1.165, 1.54) is 17.6 Å². The molecule has 0 aliphatic heterocycles. The van der Waals surface area contributed by atoms with Crippen molar-refractivity contribution in [1.82, 2.24) is 0 Å². The SMILES string of the molecule is CC(O)(CCCS(C)(=O)=O)c1cccs1. The summed E-state index contributed by atoms with van der Waals surface area (Å²) in [7, 11) is -2.92. The van der Waals surface area contributed by atoms with Crippen LogP contribution in [0.2, 0.25) is 0 Å². The standard InChI is InChI=1S/C10H16O3S2/c1-10(11,9-5-3-7-14-9)6-4-8-15(2,12)13/h3,5,7,11H,4,6,8H2,1-2H3. The summed E-state index contributed by atoms with van der Waals surface area (Å²) in [6.45, 7) is 1.72. The molecule has 5 heteroatoms. The zero-order valence-corrected chi connectivity index (χ0v) is 10.6. The Bertz CT molecular complexity index is 390. The van der Waals surface area contributed by atoms with Gasteiger partial charge in [0.1, 0.15) is 9.84 Å². The normalized spacial score (nSPS) is 16.2. The quantitative estimate of drug-likeness (QED) is 0.864. The molecule has 0 saturated heterocycles. The van der Waals surface area contributed by atoms with Gasteiger partial charge < -0.3 is 5.11 Å². The molecule has 0 amide bonds. The highest BCUT2D eigenvalue weighted by atomic mass is 32.2. The zero-order chi connectivity index (χ0) is 11.5.